The average Bonchev–Trinajstić information content (AvgIpc) is 3.09. The van der Waals surface area contributed by atoms with Gasteiger partial charge in [0.1, 0.15) is 0 Å². The van der Waals surface area contributed by atoms with Gasteiger partial charge in [0.15, 0.2) is 11.0 Å². The van der Waals surface area contributed by atoms with Crippen LogP contribution in [-0.4, -0.2) is 25.9 Å². The number of hydrogen-bond donors (Lipinski definition) is 3. The standard InChI is InChI=1S/C19H21IN6OS/c1-12-10-14(20)8-9-16(12)22-11-17-24-25-19(28-13(2)18(27)23-21)26(17)15-6-4-3-5-7-15/h3-10,13,22H,11,21H2,1-2H3,(H,23,27)/t13-/m0/s1. The van der Waals surface area contributed by atoms with Crippen LogP contribution in [0.3, 0.4) is 0 Å². The smallest absolute Gasteiger partial charge is 0.247 e. The number of hydrazine groups is 1. The maximum Gasteiger partial charge on any atom is 0.247 e. The molecule has 0 radical (unpaired) electrons. The van der Waals surface area contributed by atoms with Crippen molar-refractivity contribution >= 4 is 45.9 Å². The molecule has 4 N–H and O–H groups in total. The van der Waals surface area contributed by atoms with E-state index in [4.69, 9.17) is 5.84 Å². The summed E-state index contributed by atoms with van der Waals surface area (Å²) in [6, 6.07) is 16.1. The number of aryl methyl sites for hydroxylation is 1. The monoisotopic (exact) mass is 508 g/mol. The number of rotatable bonds is 7. The Hall–Kier alpha value is -2.11. The van der Waals surface area contributed by atoms with Crippen LogP contribution in [0.1, 0.15) is 18.3 Å². The Morgan fingerprint density at radius 2 is 2.00 bits per heavy atom. The Kier molecular flexibility index (Phi) is 6.92. The molecular formula is C19H21IN6OS. The van der Waals surface area contributed by atoms with Gasteiger partial charge in [0.25, 0.3) is 0 Å². The molecule has 0 bridgehead atoms. The van der Waals surface area contributed by atoms with Crippen LogP contribution in [0.25, 0.3) is 5.69 Å². The third kappa shape index (κ3) is 4.83. The van der Waals surface area contributed by atoms with Crippen LogP contribution in [0.15, 0.2) is 53.7 Å². The van der Waals surface area contributed by atoms with Crippen LogP contribution in [0.5, 0.6) is 0 Å². The van der Waals surface area contributed by atoms with Crippen molar-refractivity contribution in [2.75, 3.05) is 5.32 Å². The van der Waals surface area contributed by atoms with Crippen LogP contribution in [0.2, 0.25) is 0 Å². The van der Waals surface area contributed by atoms with Gasteiger partial charge >= 0.3 is 0 Å². The lowest BCUT2D eigenvalue weighted by molar-refractivity contribution is -0.120. The molecule has 1 aromatic heterocycles. The highest BCUT2D eigenvalue weighted by Crippen LogP contribution is 2.26. The highest BCUT2D eigenvalue weighted by Gasteiger charge is 2.20. The van der Waals surface area contributed by atoms with E-state index in [0.717, 1.165) is 17.2 Å². The zero-order valence-corrected chi connectivity index (χ0v) is 18.5. The maximum atomic E-state index is 11.8. The lowest BCUT2D eigenvalue weighted by Gasteiger charge is -2.14. The number of anilines is 1. The van der Waals surface area contributed by atoms with E-state index in [-0.39, 0.29) is 5.91 Å². The number of aromatic nitrogens is 3. The summed E-state index contributed by atoms with van der Waals surface area (Å²) in [6.07, 6.45) is 0. The van der Waals surface area contributed by atoms with E-state index >= 15 is 0 Å². The van der Waals surface area contributed by atoms with Crippen LogP contribution >= 0.6 is 34.4 Å². The number of benzene rings is 2. The van der Waals surface area contributed by atoms with Gasteiger partial charge in [-0.25, -0.2) is 5.84 Å². The Labute approximate surface area is 181 Å². The van der Waals surface area contributed by atoms with Crippen molar-refractivity contribution in [2.45, 2.75) is 30.8 Å². The summed E-state index contributed by atoms with van der Waals surface area (Å²) < 4.78 is 3.15. The zero-order valence-electron chi connectivity index (χ0n) is 15.5. The molecule has 7 nitrogen and oxygen atoms in total. The van der Waals surface area contributed by atoms with Gasteiger partial charge in [-0.05, 0) is 72.3 Å². The molecule has 0 unspecified atom stereocenters. The SMILES string of the molecule is Cc1cc(I)ccc1NCc1nnc(S[C@@H](C)C(=O)NN)n1-c1ccccc1. The number of amides is 1. The molecule has 3 aromatic rings. The van der Waals surface area contributed by atoms with Gasteiger partial charge < -0.3 is 5.32 Å². The zero-order chi connectivity index (χ0) is 20.1. The van der Waals surface area contributed by atoms with Gasteiger partial charge in [-0.15, -0.1) is 10.2 Å². The number of hydrogen-bond acceptors (Lipinski definition) is 6. The van der Waals surface area contributed by atoms with Gasteiger partial charge in [0.05, 0.1) is 11.8 Å². The molecule has 2 aromatic carbocycles. The van der Waals surface area contributed by atoms with Crippen molar-refractivity contribution in [2.24, 2.45) is 5.84 Å². The lowest BCUT2D eigenvalue weighted by Crippen LogP contribution is -2.36. The topological polar surface area (TPSA) is 97.9 Å². The van der Waals surface area contributed by atoms with Gasteiger partial charge in [-0.3, -0.25) is 14.8 Å². The van der Waals surface area contributed by atoms with E-state index in [0.29, 0.717) is 11.7 Å². The van der Waals surface area contributed by atoms with E-state index in [2.05, 4.69) is 68.7 Å². The van der Waals surface area contributed by atoms with Crippen molar-refractivity contribution < 1.29 is 4.79 Å². The molecule has 1 heterocycles. The number of halogens is 1. The predicted molar refractivity (Wildman–Crippen MR) is 120 cm³/mol. The Balaban J connectivity index is 1.89. The molecule has 9 heteroatoms. The highest BCUT2D eigenvalue weighted by molar-refractivity contribution is 14.1. The summed E-state index contributed by atoms with van der Waals surface area (Å²) in [7, 11) is 0. The maximum absolute atomic E-state index is 11.8. The molecule has 1 amide bonds. The number of nitrogens with zero attached hydrogens (tertiary/aromatic N) is 3. The van der Waals surface area contributed by atoms with Crippen molar-refractivity contribution in [1.29, 1.82) is 0 Å². The van der Waals surface area contributed by atoms with E-state index < -0.39 is 5.25 Å². The first-order valence-corrected chi connectivity index (χ1v) is 10.6. The second-order valence-electron chi connectivity index (χ2n) is 6.15. The first-order valence-electron chi connectivity index (χ1n) is 8.66. The van der Waals surface area contributed by atoms with E-state index in [1.54, 1.807) is 6.92 Å². The van der Waals surface area contributed by atoms with Crippen LogP contribution in [-0.2, 0) is 11.3 Å². The summed E-state index contributed by atoms with van der Waals surface area (Å²) >= 11 is 3.61. The Morgan fingerprint density at radius 3 is 2.68 bits per heavy atom. The fraction of sp³-hybridized carbons (Fsp3) is 0.211. The molecule has 28 heavy (non-hydrogen) atoms. The quantitative estimate of drug-likeness (QED) is 0.149. The number of nitrogens with two attached hydrogens (primary N) is 1. The molecule has 0 saturated carbocycles. The molecular weight excluding hydrogens is 487 g/mol. The van der Waals surface area contributed by atoms with Crippen LogP contribution < -0.4 is 16.6 Å². The third-order valence-electron chi connectivity index (χ3n) is 4.13. The van der Waals surface area contributed by atoms with Crippen molar-refractivity contribution in [1.82, 2.24) is 20.2 Å². The Morgan fingerprint density at radius 1 is 1.25 bits per heavy atom. The van der Waals surface area contributed by atoms with Crippen molar-refractivity contribution in [3.05, 3.63) is 63.5 Å². The average molecular weight is 508 g/mol. The van der Waals surface area contributed by atoms with Crippen LogP contribution in [0, 0.1) is 10.5 Å². The van der Waals surface area contributed by atoms with E-state index in [1.807, 2.05) is 34.9 Å². The van der Waals surface area contributed by atoms with E-state index in [9.17, 15) is 4.79 Å². The van der Waals surface area contributed by atoms with Crippen molar-refractivity contribution in [3.63, 3.8) is 0 Å². The highest BCUT2D eigenvalue weighted by atomic mass is 127. The number of thioether (sulfide) groups is 1. The van der Waals surface area contributed by atoms with Gasteiger partial charge in [0.2, 0.25) is 5.91 Å². The predicted octanol–water partition coefficient (Wildman–Crippen LogP) is 3.26. The molecule has 146 valence electrons. The molecule has 0 aliphatic heterocycles. The first-order chi connectivity index (χ1) is 13.5. The van der Waals surface area contributed by atoms with Crippen molar-refractivity contribution in [3.8, 4) is 5.69 Å². The number of carbonyl (C=O) groups excluding carboxylic acids is 1. The first kappa shape index (κ1) is 20.6. The molecule has 0 fully saturated rings. The Bertz CT molecular complexity index is 962. The molecule has 0 aliphatic carbocycles. The summed E-state index contributed by atoms with van der Waals surface area (Å²) in [4.78, 5) is 11.8. The number of carbonyl (C=O) groups is 1. The molecule has 3 rings (SSSR count). The second-order valence-corrected chi connectivity index (χ2v) is 8.70. The van der Waals surface area contributed by atoms with Gasteiger partial charge in [0, 0.05) is 14.9 Å². The molecule has 0 spiro atoms. The van der Waals surface area contributed by atoms with Crippen LogP contribution in [0.4, 0.5) is 5.69 Å². The largest absolute Gasteiger partial charge is 0.378 e. The minimum Gasteiger partial charge on any atom is -0.378 e. The minimum absolute atomic E-state index is 0.262. The summed E-state index contributed by atoms with van der Waals surface area (Å²) in [5, 5.41) is 12.3. The van der Waals surface area contributed by atoms with Gasteiger partial charge in [-0.2, -0.15) is 0 Å². The number of para-hydroxylation sites is 1. The normalized spacial score (nSPS) is 11.9. The fourth-order valence-corrected chi connectivity index (χ4v) is 4.20. The van der Waals surface area contributed by atoms with E-state index in [1.165, 1.54) is 20.9 Å². The molecule has 0 aliphatic rings. The lowest BCUT2D eigenvalue weighted by atomic mass is 10.2. The second kappa shape index (κ2) is 9.39. The molecule has 1 atom stereocenters. The molecule has 0 saturated heterocycles. The number of nitrogens with one attached hydrogen (secondary N) is 2. The fourth-order valence-electron chi connectivity index (χ4n) is 2.66. The minimum atomic E-state index is -0.393. The summed E-state index contributed by atoms with van der Waals surface area (Å²) in [5.74, 6) is 5.75. The summed E-state index contributed by atoms with van der Waals surface area (Å²) in [5.41, 5.74) is 5.33. The van der Waals surface area contributed by atoms with Gasteiger partial charge in [-0.1, -0.05) is 30.0 Å². The third-order valence-corrected chi connectivity index (χ3v) is 5.85. The summed E-state index contributed by atoms with van der Waals surface area (Å²) in [6.45, 7) is 4.35.